The summed E-state index contributed by atoms with van der Waals surface area (Å²) >= 11 is 5.69. The molecule has 14 heavy (non-hydrogen) atoms. The lowest BCUT2D eigenvalue weighted by molar-refractivity contribution is -0.142. The lowest BCUT2D eigenvalue weighted by Gasteiger charge is -2.14. The zero-order valence-corrected chi connectivity index (χ0v) is 8.44. The predicted molar refractivity (Wildman–Crippen MR) is 53.1 cm³/mol. The molecule has 0 amide bonds. The van der Waals surface area contributed by atoms with Gasteiger partial charge in [-0.25, -0.2) is 0 Å². The number of carbonyl (C=O) groups is 1. The van der Waals surface area contributed by atoms with Crippen LogP contribution in [0.2, 0.25) is 0 Å². The standard InChI is InChI=1S/C10H11ClO3/c1-14-10(13)8(11)9(12)7-5-3-2-4-6-7/h2-6,8-9,12H,1H3/t8-,9+/m1/s1. The molecule has 0 aliphatic rings. The Balaban J connectivity index is 2.75. The summed E-state index contributed by atoms with van der Waals surface area (Å²) < 4.78 is 4.42. The van der Waals surface area contributed by atoms with Gasteiger partial charge in [-0.2, -0.15) is 0 Å². The topological polar surface area (TPSA) is 46.5 Å². The normalized spacial score (nSPS) is 14.5. The Morgan fingerprint density at radius 1 is 1.43 bits per heavy atom. The summed E-state index contributed by atoms with van der Waals surface area (Å²) in [5.74, 6) is -0.636. The molecule has 0 unspecified atom stereocenters. The van der Waals surface area contributed by atoms with Gasteiger partial charge in [-0.3, -0.25) is 4.79 Å². The van der Waals surface area contributed by atoms with E-state index in [-0.39, 0.29) is 0 Å². The smallest absolute Gasteiger partial charge is 0.326 e. The predicted octanol–water partition coefficient (Wildman–Crippen LogP) is 1.50. The van der Waals surface area contributed by atoms with Crippen molar-refractivity contribution in [2.24, 2.45) is 0 Å². The van der Waals surface area contributed by atoms with E-state index in [0.29, 0.717) is 5.56 Å². The van der Waals surface area contributed by atoms with Gasteiger partial charge in [-0.05, 0) is 5.56 Å². The molecule has 0 heterocycles. The van der Waals surface area contributed by atoms with Crippen LogP contribution in [0.1, 0.15) is 11.7 Å². The Bertz CT molecular complexity index is 299. The molecular weight excluding hydrogens is 204 g/mol. The monoisotopic (exact) mass is 214 g/mol. The van der Waals surface area contributed by atoms with Crippen LogP contribution < -0.4 is 0 Å². The highest BCUT2D eigenvalue weighted by molar-refractivity contribution is 6.30. The number of hydrogen-bond acceptors (Lipinski definition) is 3. The maximum atomic E-state index is 11.0. The first kappa shape index (κ1) is 11.0. The Kier molecular flexibility index (Phi) is 3.92. The summed E-state index contributed by atoms with van der Waals surface area (Å²) in [6, 6.07) is 8.74. The van der Waals surface area contributed by atoms with Crippen molar-refractivity contribution in [2.75, 3.05) is 7.11 Å². The molecule has 2 atom stereocenters. The molecule has 0 fully saturated rings. The number of hydrogen-bond donors (Lipinski definition) is 1. The second-order valence-corrected chi connectivity index (χ2v) is 3.25. The van der Waals surface area contributed by atoms with Crippen LogP contribution in [0, 0.1) is 0 Å². The fraction of sp³-hybridized carbons (Fsp3) is 0.300. The first-order chi connectivity index (χ1) is 6.66. The van der Waals surface area contributed by atoms with E-state index in [1.807, 2.05) is 6.07 Å². The van der Waals surface area contributed by atoms with Gasteiger partial charge in [0.1, 0.15) is 6.10 Å². The zero-order chi connectivity index (χ0) is 10.6. The molecule has 0 saturated heterocycles. The van der Waals surface area contributed by atoms with Crippen molar-refractivity contribution in [1.82, 2.24) is 0 Å². The lowest BCUT2D eigenvalue weighted by atomic mass is 10.1. The number of esters is 1. The zero-order valence-electron chi connectivity index (χ0n) is 7.68. The van der Waals surface area contributed by atoms with E-state index in [9.17, 15) is 9.90 Å². The third kappa shape index (κ3) is 2.47. The SMILES string of the molecule is COC(=O)[C@H](Cl)[C@@H](O)c1ccccc1. The summed E-state index contributed by atoms with van der Waals surface area (Å²) in [6.45, 7) is 0. The minimum atomic E-state index is -1.07. The third-order valence-corrected chi connectivity index (χ3v) is 2.26. The van der Waals surface area contributed by atoms with E-state index in [2.05, 4.69) is 4.74 Å². The van der Waals surface area contributed by atoms with Crippen molar-refractivity contribution in [2.45, 2.75) is 11.5 Å². The number of rotatable bonds is 3. The van der Waals surface area contributed by atoms with Crippen LogP contribution in [-0.4, -0.2) is 23.6 Å². The van der Waals surface area contributed by atoms with Gasteiger partial charge in [-0.1, -0.05) is 30.3 Å². The van der Waals surface area contributed by atoms with Gasteiger partial charge in [-0.15, -0.1) is 11.6 Å². The molecule has 76 valence electrons. The van der Waals surface area contributed by atoms with Crippen molar-refractivity contribution in [3.8, 4) is 0 Å². The van der Waals surface area contributed by atoms with Gasteiger partial charge in [0.2, 0.25) is 0 Å². The number of benzene rings is 1. The number of ether oxygens (including phenoxy) is 1. The van der Waals surface area contributed by atoms with Gasteiger partial charge >= 0.3 is 5.97 Å². The van der Waals surface area contributed by atoms with Gasteiger partial charge in [0.05, 0.1) is 7.11 Å². The summed E-state index contributed by atoms with van der Waals surface area (Å²) in [5.41, 5.74) is 0.595. The van der Waals surface area contributed by atoms with Crippen LogP contribution in [0.15, 0.2) is 30.3 Å². The Morgan fingerprint density at radius 3 is 2.50 bits per heavy atom. The number of carbonyl (C=O) groups excluding carboxylic acids is 1. The Labute approximate surface area is 87.3 Å². The maximum Gasteiger partial charge on any atom is 0.326 e. The van der Waals surface area contributed by atoms with Crippen LogP contribution in [0.4, 0.5) is 0 Å². The maximum absolute atomic E-state index is 11.0. The van der Waals surface area contributed by atoms with Crippen LogP contribution >= 0.6 is 11.6 Å². The van der Waals surface area contributed by atoms with Crippen LogP contribution in [0.25, 0.3) is 0 Å². The lowest BCUT2D eigenvalue weighted by Crippen LogP contribution is -2.23. The highest BCUT2D eigenvalue weighted by atomic mass is 35.5. The molecule has 1 aromatic carbocycles. The highest BCUT2D eigenvalue weighted by Crippen LogP contribution is 2.21. The summed E-state index contributed by atoms with van der Waals surface area (Å²) in [5, 5.41) is 8.59. The largest absolute Gasteiger partial charge is 0.468 e. The van der Waals surface area contributed by atoms with Crippen LogP contribution in [0.5, 0.6) is 0 Å². The van der Waals surface area contributed by atoms with Crippen molar-refractivity contribution in [3.05, 3.63) is 35.9 Å². The van der Waals surface area contributed by atoms with Crippen molar-refractivity contribution in [3.63, 3.8) is 0 Å². The van der Waals surface area contributed by atoms with Gasteiger partial charge in [0.15, 0.2) is 5.38 Å². The molecule has 1 aromatic rings. The van der Waals surface area contributed by atoms with E-state index in [0.717, 1.165) is 0 Å². The average Bonchev–Trinajstić information content (AvgIpc) is 2.27. The minimum absolute atomic E-state index is 0.595. The molecule has 3 nitrogen and oxygen atoms in total. The first-order valence-electron chi connectivity index (χ1n) is 4.11. The van der Waals surface area contributed by atoms with E-state index in [1.165, 1.54) is 7.11 Å². The molecule has 0 aliphatic carbocycles. The molecule has 0 saturated carbocycles. The average molecular weight is 215 g/mol. The number of aliphatic hydroxyl groups is 1. The molecular formula is C10H11ClO3. The number of alkyl halides is 1. The summed E-state index contributed by atoms with van der Waals surface area (Å²) in [7, 11) is 1.23. The Hall–Kier alpha value is -1.06. The van der Waals surface area contributed by atoms with E-state index in [1.54, 1.807) is 24.3 Å². The minimum Gasteiger partial charge on any atom is -0.468 e. The second kappa shape index (κ2) is 4.98. The van der Waals surface area contributed by atoms with Crippen molar-refractivity contribution in [1.29, 1.82) is 0 Å². The van der Waals surface area contributed by atoms with Gasteiger partial charge in [0, 0.05) is 0 Å². The van der Waals surface area contributed by atoms with E-state index >= 15 is 0 Å². The quantitative estimate of drug-likeness (QED) is 0.613. The van der Waals surface area contributed by atoms with Crippen LogP contribution in [0.3, 0.4) is 0 Å². The number of aliphatic hydroxyl groups excluding tert-OH is 1. The molecule has 0 spiro atoms. The van der Waals surface area contributed by atoms with E-state index < -0.39 is 17.5 Å². The fourth-order valence-electron chi connectivity index (χ4n) is 1.06. The summed E-state index contributed by atoms with van der Waals surface area (Å²) in [4.78, 5) is 11.0. The second-order valence-electron chi connectivity index (χ2n) is 2.78. The number of halogens is 1. The van der Waals surface area contributed by atoms with Gasteiger partial charge in [0.25, 0.3) is 0 Å². The molecule has 0 aliphatic heterocycles. The molecule has 1 rings (SSSR count). The molecule has 0 aromatic heterocycles. The van der Waals surface area contributed by atoms with Crippen molar-refractivity contribution >= 4 is 17.6 Å². The molecule has 0 radical (unpaired) electrons. The number of methoxy groups -OCH3 is 1. The first-order valence-corrected chi connectivity index (χ1v) is 4.55. The molecule has 1 N–H and O–H groups in total. The fourth-order valence-corrected chi connectivity index (χ4v) is 1.30. The van der Waals surface area contributed by atoms with Crippen molar-refractivity contribution < 1.29 is 14.6 Å². The molecule has 4 heteroatoms. The molecule has 0 bridgehead atoms. The van der Waals surface area contributed by atoms with Gasteiger partial charge < -0.3 is 9.84 Å². The highest BCUT2D eigenvalue weighted by Gasteiger charge is 2.26. The van der Waals surface area contributed by atoms with Crippen LogP contribution in [-0.2, 0) is 9.53 Å². The third-order valence-electron chi connectivity index (χ3n) is 1.84. The Morgan fingerprint density at radius 2 is 2.00 bits per heavy atom. The van der Waals surface area contributed by atoms with E-state index in [4.69, 9.17) is 11.6 Å². The summed E-state index contributed by atoms with van der Waals surface area (Å²) in [6.07, 6.45) is -1.04.